The molecule has 0 radical (unpaired) electrons. The summed E-state index contributed by atoms with van der Waals surface area (Å²) in [5.41, 5.74) is 2.94. The van der Waals surface area contributed by atoms with Crippen molar-refractivity contribution in [3.63, 3.8) is 0 Å². The average molecular weight is 254 g/mol. The van der Waals surface area contributed by atoms with E-state index in [1.54, 1.807) is 12.1 Å². The molecule has 2 aromatic carbocycles. The maximum atomic E-state index is 10.7. The van der Waals surface area contributed by atoms with Gasteiger partial charge < -0.3 is 5.11 Å². The average Bonchev–Trinajstić information content (AvgIpc) is 2.45. The fourth-order valence-electron chi connectivity index (χ4n) is 2.12. The first-order valence-corrected chi connectivity index (χ1v) is 6.62. The quantitative estimate of drug-likeness (QED) is 0.792. The van der Waals surface area contributed by atoms with Crippen molar-refractivity contribution in [2.24, 2.45) is 0 Å². The minimum atomic E-state index is -0.865. The number of benzene rings is 2. The smallest absolute Gasteiger partial charge is 0.335 e. The third-order valence-corrected chi connectivity index (χ3v) is 3.22. The molecule has 2 nitrogen and oxygen atoms in total. The second-order valence-electron chi connectivity index (χ2n) is 4.69. The molecule has 0 aliphatic heterocycles. The van der Waals surface area contributed by atoms with Gasteiger partial charge in [0.25, 0.3) is 0 Å². The molecule has 0 aliphatic rings. The summed E-state index contributed by atoms with van der Waals surface area (Å²) in [6.45, 7) is 0. The van der Waals surface area contributed by atoms with Crippen LogP contribution < -0.4 is 0 Å². The van der Waals surface area contributed by atoms with Crippen molar-refractivity contribution in [1.82, 2.24) is 0 Å². The van der Waals surface area contributed by atoms with Gasteiger partial charge in [-0.3, -0.25) is 0 Å². The molecule has 0 atom stereocenters. The molecule has 0 fully saturated rings. The maximum Gasteiger partial charge on any atom is 0.335 e. The number of carbonyl (C=O) groups is 1. The summed E-state index contributed by atoms with van der Waals surface area (Å²) in [7, 11) is 0. The van der Waals surface area contributed by atoms with E-state index in [1.807, 2.05) is 18.2 Å². The summed E-state index contributed by atoms with van der Waals surface area (Å²) in [4.78, 5) is 10.7. The highest BCUT2D eigenvalue weighted by Crippen LogP contribution is 2.10. The van der Waals surface area contributed by atoms with Crippen molar-refractivity contribution < 1.29 is 9.90 Å². The second-order valence-corrected chi connectivity index (χ2v) is 4.69. The van der Waals surface area contributed by atoms with E-state index in [2.05, 4.69) is 24.3 Å². The first-order valence-electron chi connectivity index (χ1n) is 6.62. The van der Waals surface area contributed by atoms with E-state index >= 15 is 0 Å². The Morgan fingerprint density at radius 2 is 1.32 bits per heavy atom. The van der Waals surface area contributed by atoms with Gasteiger partial charge in [0, 0.05) is 0 Å². The number of aryl methyl sites for hydroxylation is 2. The molecule has 0 saturated carbocycles. The van der Waals surface area contributed by atoms with Gasteiger partial charge in [0.15, 0.2) is 0 Å². The molecule has 0 amide bonds. The standard InChI is InChI=1S/C17H18O2/c18-17(19)16-12-10-15(11-13-16)9-5-4-8-14-6-2-1-3-7-14/h1-3,6-7,10-13H,4-5,8-9H2,(H,18,19). The van der Waals surface area contributed by atoms with E-state index in [0.717, 1.165) is 25.7 Å². The molecular weight excluding hydrogens is 236 g/mol. The number of carboxylic acid groups (broad SMARTS) is 1. The highest BCUT2D eigenvalue weighted by atomic mass is 16.4. The highest BCUT2D eigenvalue weighted by Gasteiger charge is 2.01. The molecular formula is C17H18O2. The van der Waals surface area contributed by atoms with Gasteiger partial charge in [-0.2, -0.15) is 0 Å². The number of aromatic carboxylic acids is 1. The van der Waals surface area contributed by atoms with Crippen LogP contribution in [0, 0.1) is 0 Å². The van der Waals surface area contributed by atoms with E-state index < -0.39 is 5.97 Å². The van der Waals surface area contributed by atoms with Gasteiger partial charge in [-0.05, 0) is 48.9 Å². The fourth-order valence-corrected chi connectivity index (χ4v) is 2.12. The number of rotatable bonds is 6. The zero-order valence-electron chi connectivity index (χ0n) is 10.9. The Labute approximate surface area is 113 Å². The first kappa shape index (κ1) is 13.3. The van der Waals surface area contributed by atoms with Gasteiger partial charge >= 0.3 is 5.97 Å². The van der Waals surface area contributed by atoms with Gasteiger partial charge in [0.2, 0.25) is 0 Å². The van der Waals surface area contributed by atoms with Crippen LogP contribution in [0.2, 0.25) is 0 Å². The van der Waals surface area contributed by atoms with E-state index in [0.29, 0.717) is 5.56 Å². The molecule has 19 heavy (non-hydrogen) atoms. The number of hydrogen-bond acceptors (Lipinski definition) is 1. The molecule has 1 N–H and O–H groups in total. The van der Waals surface area contributed by atoms with Crippen molar-refractivity contribution in [2.45, 2.75) is 25.7 Å². The molecule has 2 aromatic rings. The third kappa shape index (κ3) is 4.25. The number of carboxylic acids is 1. The van der Waals surface area contributed by atoms with Crippen molar-refractivity contribution in [3.8, 4) is 0 Å². The van der Waals surface area contributed by atoms with E-state index in [1.165, 1.54) is 11.1 Å². The second kappa shape index (κ2) is 6.74. The van der Waals surface area contributed by atoms with Gasteiger partial charge in [-0.15, -0.1) is 0 Å². The molecule has 0 saturated heterocycles. The summed E-state index contributed by atoms with van der Waals surface area (Å²) < 4.78 is 0. The molecule has 0 spiro atoms. The van der Waals surface area contributed by atoms with Crippen LogP contribution in [0.25, 0.3) is 0 Å². The predicted octanol–water partition coefficient (Wildman–Crippen LogP) is 3.95. The van der Waals surface area contributed by atoms with Crippen LogP contribution in [0.3, 0.4) is 0 Å². The van der Waals surface area contributed by atoms with Crippen LogP contribution in [0.15, 0.2) is 54.6 Å². The maximum absolute atomic E-state index is 10.7. The molecule has 0 bridgehead atoms. The Balaban J connectivity index is 1.75. The fraction of sp³-hybridized carbons (Fsp3) is 0.235. The van der Waals surface area contributed by atoms with Crippen LogP contribution in [0.4, 0.5) is 0 Å². The van der Waals surface area contributed by atoms with Crippen LogP contribution in [-0.4, -0.2) is 11.1 Å². The molecule has 0 aliphatic carbocycles. The summed E-state index contributed by atoms with van der Waals surface area (Å²) in [6.07, 6.45) is 4.40. The molecule has 0 unspecified atom stereocenters. The Bertz CT molecular complexity index is 515. The summed E-state index contributed by atoms with van der Waals surface area (Å²) in [5.74, 6) is -0.865. The Hall–Kier alpha value is -2.09. The lowest BCUT2D eigenvalue weighted by atomic mass is 10.0. The Morgan fingerprint density at radius 1 is 0.789 bits per heavy atom. The lowest BCUT2D eigenvalue weighted by Crippen LogP contribution is -1.96. The van der Waals surface area contributed by atoms with Gasteiger partial charge in [0.1, 0.15) is 0 Å². The minimum Gasteiger partial charge on any atom is -0.478 e. The number of hydrogen-bond donors (Lipinski definition) is 1. The normalized spacial score (nSPS) is 10.3. The number of unbranched alkanes of at least 4 members (excludes halogenated alkanes) is 1. The van der Waals surface area contributed by atoms with Crippen LogP contribution >= 0.6 is 0 Å². The van der Waals surface area contributed by atoms with E-state index in [9.17, 15) is 4.79 Å². The Kier molecular flexibility index (Phi) is 4.73. The summed E-state index contributed by atoms with van der Waals surface area (Å²) >= 11 is 0. The molecule has 0 heterocycles. The SMILES string of the molecule is O=C(O)c1ccc(CCCCc2ccccc2)cc1. The zero-order chi connectivity index (χ0) is 13.5. The largest absolute Gasteiger partial charge is 0.478 e. The van der Waals surface area contributed by atoms with E-state index in [4.69, 9.17) is 5.11 Å². The van der Waals surface area contributed by atoms with Crippen LogP contribution in [0.1, 0.15) is 34.3 Å². The highest BCUT2D eigenvalue weighted by molar-refractivity contribution is 5.87. The Morgan fingerprint density at radius 3 is 1.84 bits per heavy atom. The molecule has 2 heteroatoms. The van der Waals surface area contributed by atoms with Crippen LogP contribution in [-0.2, 0) is 12.8 Å². The van der Waals surface area contributed by atoms with Crippen molar-refractivity contribution >= 4 is 5.97 Å². The predicted molar refractivity (Wildman–Crippen MR) is 76.5 cm³/mol. The molecule has 98 valence electrons. The van der Waals surface area contributed by atoms with Crippen LogP contribution in [0.5, 0.6) is 0 Å². The third-order valence-electron chi connectivity index (χ3n) is 3.22. The summed E-state index contributed by atoms with van der Waals surface area (Å²) in [5, 5.41) is 8.82. The topological polar surface area (TPSA) is 37.3 Å². The zero-order valence-corrected chi connectivity index (χ0v) is 10.9. The monoisotopic (exact) mass is 254 g/mol. The van der Waals surface area contributed by atoms with Gasteiger partial charge in [0.05, 0.1) is 5.56 Å². The van der Waals surface area contributed by atoms with Crippen molar-refractivity contribution in [3.05, 3.63) is 71.3 Å². The van der Waals surface area contributed by atoms with Crippen molar-refractivity contribution in [2.75, 3.05) is 0 Å². The minimum absolute atomic E-state index is 0.355. The van der Waals surface area contributed by atoms with Gasteiger partial charge in [-0.1, -0.05) is 42.5 Å². The lowest BCUT2D eigenvalue weighted by Gasteiger charge is -2.03. The summed E-state index contributed by atoms with van der Waals surface area (Å²) in [6, 6.07) is 17.7. The van der Waals surface area contributed by atoms with Gasteiger partial charge in [-0.25, -0.2) is 4.79 Å². The lowest BCUT2D eigenvalue weighted by molar-refractivity contribution is 0.0697. The van der Waals surface area contributed by atoms with Crippen molar-refractivity contribution in [1.29, 1.82) is 0 Å². The molecule has 0 aromatic heterocycles. The molecule has 2 rings (SSSR count). The first-order chi connectivity index (χ1) is 9.25. The van der Waals surface area contributed by atoms with E-state index in [-0.39, 0.29) is 0 Å².